The van der Waals surface area contributed by atoms with Crippen LogP contribution in [0.3, 0.4) is 0 Å². The highest BCUT2D eigenvalue weighted by Gasteiger charge is 2.29. The Balaban J connectivity index is 2.62. The zero-order valence-corrected chi connectivity index (χ0v) is 14.2. The monoisotopic (exact) mass is 292 g/mol. The van der Waals surface area contributed by atoms with Gasteiger partial charge in [0.1, 0.15) is 0 Å². The van der Waals surface area contributed by atoms with Crippen LogP contribution in [0.25, 0.3) is 0 Å². The third kappa shape index (κ3) is 5.29. The van der Waals surface area contributed by atoms with Gasteiger partial charge in [-0.05, 0) is 58.3 Å². The van der Waals surface area contributed by atoms with Gasteiger partial charge in [-0.1, -0.05) is 26.3 Å². The standard InChI is InChI=1S/C18H32N2O/c1-5-8-18(19-13-6-2)16-9-11-17(12-10-16)20(14-21)15(4)7-3/h6,13-17H,5,7-12H2,1-4H3/b13-6-,19-18?. The third-order valence-corrected chi connectivity index (χ3v) is 4.71. The number of amides is 1. The quantitative estimate of drug-likeness (QED) is 0.476. The molecular weight excluding hydrogens is 260 g/mol. The lowest BCUT2D eigenvalue weighted by molar-refractivity contribution is -0.123. The number of aliphatic imine (C=N–C) groups is 1. The molecule has 1 aliphatic rings. The molecule has 120 valence electrons. The molecule has 1 atom stereocenters. The summed E-state index contributed by atoms with van der Waals surface area (Å²) in [5.74, 6) is 0.614. The van der Waals surface area contributed by atoms with Crippen molar-refractivity contribution in [2.45, 2.75) is 84.7 Å². The van der Waals surface area contributed by atoms with Gasteiger partial charge in [-0.2, -0.15) is 0 Å². The van der Waals surface area contributed by atoms with E-state index < -0.39 is 0 Å². The van der Waals surface area contributed by atoms with Crippen LogP contribution in [-0.2, 0) is 4.79 Å². The van der Waals surface area contributed by atoms with Crippen molar-refractivity contribution in [2.24, 2.45) is 10.9 Å². The molecule has 1 saturated carbocycles. The lowest BCUT2D eigenvalue weighted by Crippen LogP contribution is -2.43. The molecule has 0 N–H and O–H groups in total. The number of nitrogens with zero attached hydrogens (tertiary/aromatic N) is 2. The minimum atomic E-state index is 0.357. The molecule has 1 amide bonds. The Hall–Kier alpha value is -1.12. The van der Waals surface area contributed by atoms with Crippen molar-refractivity contribution in [1.29, 1.82) is 0 Å². The van der Waals surface area contributed by atoms with Gasteiger partial charge in [0.25, 0.3) is 0 Å². The van der Waals surface area contributed by atoms with Crippen molar-refractivity contribution in [3.63, 3.8) is 0 Å². The summed E-state index contributed by atoms with van der Waals surface area (Å²) in [6, 6.07) is 0.786. The van der Waals surface area contributed by atoms with E-state index in [4.69, 9.17) is 0 Å². The van der Waals surface area contributed by atoms with Crippen LogP contribution in [0.5, 0.6) is 0 Å². The fourth-order valence-electron chi connectivity index (χ4n) is 3.27. The van der Waals surface area contributed by atoms with E-state index in [0.29, 0.717) is 18.0 Å². The average molecular weight is 292 g/mol. The molecule has 0 aromatic carbocycles. The minimum absolute atomic E-state index is 0.357. The fourth-order valence-corrected chi connectivity index (χ4v) is 3.27. The summed E-state index contributed by atoms with van der Waals surface area (Å²) < 4.78 is 0. The van der Waals surface area contributed by atoms with Crippen LogP contribution >= 0.6 is 0 Å². The van der Waals surface area contributed by atoms with Crippen molar-refractivity contribution in [3.8, 4) is 0 Å². The smallest absolute Gasteiger partial charge is 0.210 e. The Labute approximate surface area is 130 Å². The summed E-state index contributed by atoms with van der Waals surface area (Å²) >= 11 is 0. The maximum Gasteiger partial charge on any atom is 0.210 e. The average Bonchev–Trinajstić information content (AvgIpc) is 2.52. The Morgan fingerprint density at radius 3 is 2.43 bits per heavy atom. The van der Waals surface area contributed by atoms with Gasteiger partial charge in [0.15, 0.2) is 0 Å². The molecule has 0 heterocycles. The maximum atomic E-state index is 11.4. The number of carbonyl (C=O) groups is 1. The molecule has 1 aliphatic carbocycles. The number of allylic oxidation sites excluding steroid dienone is 1. The van der Waals surface area contributed by atoms with Gasteiger partial charge in [0.05, 0.1) is 0 Å². The predicted octanol–water partition coefficient (Wildman–Crippen LogP) is 4.58. The van der Waals surface area contributed by atoms with Crippen LogP contribution < -0.4 is 0 Å². The van der Waals surface area contributed by atoms with E-state index in [-0.39, 0.29) is 0 Å². The van der Waals surface area contributed by atoms with Crippen LogP contribution in [0.1, 0.15) is 72.6 Å². The van der Waals surface area contributed by atoms with Gasteiger partial charge < -0.3 is 4.90 Å². The fraction of sp³-hybridized carbons (Fsp3) is 0.778. The van der Waals surface area contributed by atoms with Crippen LogP contribution in [0.4, 0.5) is 0 Å². The van der Waals surface area contributed by atoms with Crippen LogP contribution in [0.2, 0.25) is 0 Å². The van der Waals surface area contributed by atoms with Crippen molar-refractivity contribution < 1.29 is 4.79 Å². The largest absolute Gasteiger partial charge is 0.340 e. The van der Waals surface area contributed by atoms with Crippen molar-refractivity contribution in [2.75, 3.05) is 0 Å². The molecule has 0 aromatic heterocycles. The molecule has 0 radical (unpaired) electrons. The molecule has 3 nitrogen and oxygen atoms in total. The van der Waals surface area contributed by atoms with Crippen molar-refractivity contribution >= 4 is 12.1 Å². The van der Waals surface area contributed by atoms with Crippen molar-refractivity contribution in [1.82, 2.24) is 4.90 Å². The lowest BCUT2D eigenvalue weighted by atomic mass is 9.81. The zero-order chi connectivity index (χ0) is 15.7. The van der Waals surface area contributed by atoms with E-state index in [2.05, 4.69) is 25.8 Å². The van der Waals surface area contributed by atoms with Gasteiger partial charge in [0.2, 0.25) is 6.41 Å². The summed E-state index contributed by atoms with van der Waals surface area (Å²) in [6.07, 6.45) is 12.8. The molecule has 1 rings (SSSR count). The molecule has 0 aliphatic heterocycles. The maximum absolute atomic E-state index is 11.4. The predicted molar refractivity (Wildman–Crippen MR) is 90.6 cm³/mol. The van der Waals surface area contributed by atoms with E-state index in [1.54, 1.807) is 0 Å². The second-order valence-corrected chi connectivity index (χ2v) is 6.17. The van der Waals surface area contributed by atoms with E-state index in [1.165, 1.54) is 18.6 Å². The molecule has 0 aromatic rings. The van der Waals surface area contributed by atoms with Gasteiger partial charge in [-0.25, -0.2) is 0 Å². The Morgan fingerprint density at radius 2 is 1.95 bits per heavy atom. The number of carbonyl (C=O) groups excluding carboxylic acids is 1. The molecule has 0 spiro atoms. The van der Waals surface area contributed by atoms with Crippen LogP contribution in [0, 0.1) is 5.92 Å². The lowest BCUT2D eigenvalue weighted by Gasteiger charge is -2.38. The number of hydrogen-bond donors (Lipinski definition) is 0. The van der Waals surface area contributed by atoms with Gasteiger partial charge in [-0.3, -0.25) is 9.79 Å². The van der Waals surface area contributed by atoms with Gasteiger partial charge >= 0.3 is 0 Å². The zero-order valence-electron chi connectivity index (χ0n) is 14.2. The minimum Gasteiger partial charge on any atom is -0.340 e. The van der Waals surface area contributed by atoms with E-state index in [0.717, 1.165) is 38.5 Å². The Kier molecular flexibility index (Phi) is 8.33. The first kappa shape index (κ1) is 17.9. The van der Waals surface area contributed by atoms with Crippen molar-refractivity contribution in [3.05, 3.63) is 12.3 Å². The van der Waals surface area contributed by atoms with E-state index >= 15 is 0 Å². The molecule has 1 fully saturated rings. The van der Waals surface area contributed by atoms with Crippen LogP contribution in [0.15, 0.2) is 17.3 Å². The van der Waals surface area contributed by atoms with E-state index in [9.17, 15) is 4.79 Å². The van der Waals surface area contributed by atoms with E-state index in [1.807, 2.05) is 24.1 Å². The second kappa shape index (κ2) is 9.75. The molecule has 21 heavy (non-hydrogen) atoms. The van der Waals surface area contributed by atoms with Crippen LogP contribution in [-0.4, -0.2) is 29.1 Å². The summed E-state index contributed by atoms with van der Waals surface area (Å²) in [5.41, 5.74) is 1.36. The highest BCUT2D eigenvalue weighted by molar-refractivity contribution is 5.87. The highest BCUT2D eigenvalue weighted by atomic mass is 16.1. The third-order valence-electron chi connectivity index (χ3n) is 4.71. The molecule has 0 saturated heterocycles. The normalized spacial score (nSPS) is 25.0. The summed E-state index contributed by atoms with van der Waals surface area (Å²) in [5, 5.41) is 0. The Morgan fingerprint density at radius 1 is 1.29 bits per heavy atom. The second-order valence-electron chi connectivity index (χ2n) is 6.17. The highest BCUT2D eigenvalue weighted by Crippen LogP contribution is 2.30. The topological polar surface area (TPSA) is 32.7 Å². The number of hydrogen-bond acceptors (Lipinski definition) is 2. The Bertz CT molecular complexity index is 354. The first-order valence-electron chi connectivity index (χ1n) is 8.58. The summed E-state index contributed by atoms with van der Waals surface area (Å²) in [6.45, 7) is 8.53. The molecule has 0 bridgehead atoms. The summed E-state index contributed by atoms with van der Waals surface area (Å²) in [7, 11) is 0. The number of rotatable bonds is 8. The SMILES string of the molecule is C/C=C\N=C(CCC)C1CCC(N(C=O)C(C)CC)CC1. The molecule has 3 heteroatoms. The first-order valence-corrected chi connectivity index (χ1v) is 8.58. The molecule has 1 unspecified atom stereocenters. The molecular formula is C18H32N2O. The first-order chi connectivity index (χ1) is 10.2. The van der Waals surface area contributed by atoms with Gasteiger partial charge in [0, 0.05) is 24.0 Å². The van der Waals surface area contributed by atoms with Gasteiger partial charge in [-0.15, -0.1) is 0 Å². The summed E-state index contributed by atoms with van der Waals surface area (Å²) in [4.78, 5) is 18.0.